The van der Waals surface area contributed by atoms with E-state index in [1.165, 1.54) is 18.1 Å². The molecular weight excluding hydrogens is 443 g/mol. The number of nitrogens with two attached hydrogens (primary N) is 1. The number of carbonyl (C=O) groups is 1. The van der Waals surface area contributed by atoms with Crippen LogP contribution in [0.5, 0.6) is 0 Å². The molecule has 0 saturated carbocycles. The van der Waals surface area contributed by atoms with Crippen molar-refractivity contribution in [2.24, 2.45) is 5.73 Å². The Bertz CT molecular complexity index is 1250. The molecule has 0 aliphatic rings. The Hall–Kier alpha value is -2.66. The zero-order chi connectivity index (χ0) is 21.3. The zero-order valence-electron chi connectivity index (χ0n) is 16.8. The molecular formula is C25H23BrFN2O. The Morgan fingerprint density at radius 1 is 1.17 bits per heavy atom. The van der Waals surface area contributed by atoms with Gasteiger partial charge < -0.3 is 10.3 Å². The number of hydrogen-bond acceptors (Lipinski definition) is 1. The fourth-order valence-electron chi connectivity index (χ4n) is 4.02. The van der Waals surface area contributed by atoms with Crippen molar-refractivity contribution in [2.45, 2.75) is 39.2 Å². The van der Waals surface area contributed by atoms with Gasteiger partial charge in [0, 0.05) is 26.4 Å². The zero-order valence-corrected chi connectivity index (χ0v) is 18.4. The summed E-state index contributed by atoms with van der Waals surface area (Å²) in [6.45, 7) is 2.54. The van der Waals surface area contributed by atoms with Crippen LogP contribution in [0.3, 0.4) is 0 Å². The van der Waals surface area contributed by atoms with Crippen LogP contribution in [0.1, 0.15) is 47.7 Å². The molecule has 4 aromatic rings. The van der Waals surface area contributed by atoms with E-state index >= 15 is 0 Å². The molecule has 0 unspecified atom stereocenters. The lowest BCUT2D eigenvalue weighted by atomic mass is 10.0. The van der Waals surface area contributed by atoms with E-state index in [0.717, 1.165) is 41.1 Å². The highest BCUT2D eigenvalue weighted by molar-refractivity contribution is 9.10. The molecule has 3 nitrogen and oxygen atoms in total. The first-order valence-corrected chi connectivity index (χ1v) is 11.0. The highest BCUT2D eigenvalue weighted by Gasteiger charge is 2.18. The molecule has 0 bridgehead atoms. The molecule has 1 heterocycles. The maximum atomic E-state index is 14.6. The second-order valence-corrected chi connectivity index (χ2v) is 8.53. The third-order valence-electron chi connectivity index (χ3n) is 5.53. The van der Waals surface area contributed by atoms with Gasteiger partial charge in [-0.2, -0.15) is 0 Å². The Morgan fingerprint density at radius 2 is 2.00 bits per heavy atom. The standard InChI is InChI=1S/C25H23BrFN2O/c1-2-3-4-6-16-9-12-19-23(13-16)29(15-17-10-11-18(26)14-21(17)27)22-8-5-7-20(24(19)22)25(28)30/h5,7-11,13-14H,2-4,6,15H2,1H3,(H2,28,30). The summed E-state index contributed by atoms with van der Waals surface area (Å²) in [4.78, 5) is 12.1. The van der Waals surface area contributed by atoms with E-state index in [1.807, 2.05) is 24.3 Å². The summed E-state index contributed by atoms with van der Waals surface area (Å²) < 4.78 is 17.4. The molecule has 0 spiro atoms. The minimum absolute atomic E-state index is 0.270. The number of nitrogens with zero attached hydrogens (tertiary/aromatic N) is 1. The van der Waals surface area contributed by atoms with Crippen LogP contribution in [-0.2, 0) is 13.0 Å². The van der Waals surface area contributed by atoms with Gasteiger partial charge in [0.15, 0.2) is 0 Å². The molecule has 1 amide bonds. The topological polar surface area (TPSA) is 48.0 Å². The van der Waals surface area contributed by atoms with Gasteiger partial charge in [0.25, 0.3) is 0 Å². The molecule has 0 aliphatic heterocycles. The maximum Gasteiger partial charge on any atom is 0.249 e. The number of amides is 1. The van der Waals surface area contributed by atoms with Gasteiger partial charge in [-0.1, -0.05) is 53.9 Å². The number of hydrogen-bond donors (Lipinski definition) is 1. The van der Waals surface area contributed by atoms with Gasteiger partial charge in [0.05, 0.1) is 17.6 Å². The Kier molecular flexibility index (Phi) is 5.91. The number of aromatic nitrogens is 1. The SMILES string of the molecule is CCCCCc1c[c]c2c3c(C(N)=O)cccc3n(Cc3ccc(Br)cc3F)c2c1. The fourth-order valence-corrected chi connectivity index (χ4v) is 4.35. The number of primary amides is 1. The van der Waals surface area contributed by atoms with Crippen LogP contribution in [0.15, 0.2) is 53.0 Å². The van der Waals surface area contributed by atoms with E-state index in [1.54, 1.807) is 12.1 Å². The number of aryl methyl sites for hydroxylation is 1. The maximum absolute atomic E-state index is 14.6. The van der Waals surface area contributed by atoms with Gasteiger partial charge in [-0.3, -0.25) is 4.79 Å². The van der Waals surface area contributed by atoms with Crippen LogP contribution in [0.4, 0.5) is 4.39 Å². The third kappa shape index (κ3) is 3.86. The lowest BCUT2D eigenvalue weighted by molar-refractivity contribution is 0.100. The summed E-state index contributed by atoms with van der Waals surface area (Å²) in [6.07, 6.45) is 4.43. The number of fused-ring (bicyclic) bond motifs is 3. The van der Waals surface area contributed by atoms with Crippen molar-refractivity contribution < 1.29 is 9.18 Å². The summed E-state index contributed by atoms with van der Waals surface area (Å²) in [5.41, 5.74) is 9.68. The third-order valence-corrected chi connectivity index (χ3v) is 6.03. The fraction of sp³-hybridized carbons (Fsp3) is 0.240. The normalized spacial score (nSPS) is 11.4. The molecule has 4 rings (SSSR count). The number of halogens is 2. The van der Waals surface area contributed by atoms with Crippen LogP contribution < -0.4 is 5.73 Å². The molecule has 0 atom stereocenters. The molecule has 0 saturated heterocycles. The van der Waals surface area contributed by atoms with Crippen LogP contribution in [0.2, 0.25) is 0 Å². The molecule has 5 heteroatoms. The summed E-state index contributed by atoms with van der Waals surface area (Å²) >= 11 is 3.32. The minimum atomic E-state index is -0.477. The lowest BCUT2D eigenvalue weighted by Gasteiger charge is -2.10. The van der Waals surface area contributed by atoms with E-state index in [-0.39, 0.29) is 5.82 Å². The molecule has 30 heavy (non-hydrogen) atoms. The van der Waals surface area contributed by atoms with Crippen molar-refractivity contribution >= 4 is 43.6 Å². The minimum Gasteiger partial charge on any atom is -0.366 e. The van der Waals surface area contributed by atoms with Gasteiger partial charge >= 0.3 is 0 Å². The first-order valence-electron chi connectivity index (χ1n) is 10.2. The predicted molar refractivity (Wildman–Crippen MR) is 123 cm³/mol. The number of rotatable bonds is 7. The van der Waals surface area contributed by atoms with Gasteiger partial charge in [0.2, 0.25) is 5.91 Å². The Labute approximate surface area is 183 Å². The average Bonchev–Trinajstić information content (AvgIpc) is 3.03. The number of benzene rings is 3. The van der Waals surface area contributed by atoms with E-state index in [2.05, 4.69) is 39.6 Å². The molecule has 1 aromatic heterocycles. The van der Waals surface area contributed by atoms with Gasteiger partial charge in [0.1, 0.15) is 5.82 Å². The molecule has 1 radical (unpaired) electrons. The average molecular weight is 466 g/mol. The number of carbonyl (C=O) groups excluding carboxylic acids is 1. The molecule has 0 fully saturated rings. The highest BCUT2D eigenvalue weighted by Crippen LogP contribution is 2.33. The van der Waals surface area contributed by atoms with Gasteiger partial charge in [-0.15, -0.1) is 0 Å². The van der Waals surface area contributed by atoms with Crippen molar-refractivity contribution in [1.29, 1.82) is 0 Å². The summed E-state index contributed by atoms with van der Waals surface area (Å²) in [5, 5.41) is 1.62. The Balaban J connectivity index is 1.93. The van der Waals surface area contributed by atoms with Crippen LogP contribution in [0, 0.1) is 11.9 Å². The quantitative estimate of drug-likeness (QED) is 0.316. The molecule has 3 aromatic carbocycles. The molecule has 0 aliphatic carbocycles. The van der Waals surface area contributed by atoms with E-state index in [0.29, 0.717) is 22.1 Å². The van der Waals surface area contributed by atoms with Crippen LogP contribution >= 0.6 is 15.9 Å². The smallest absolute Gasteiger partial charge is 0.249 e. The van der Waals surface area contributed by atoms with E-state index < -0.39 is 5.91 Å². The number of unbranched alkanes of at least 4 members (excludes halogenated alkanes) is 2. The predicted octanol–water partition coefficient (Wildman–Crippen LogP) is 6.38. The van der Waals surface area contributed by atoms with Crippen molar-refractivity contribution in [1.82, 2.24) is 4.57 Å². The summed E-state index contributed by atoms with van der Waals surface area (Å²) in [5.74, 6) is -0.747. The van der Waals surface area contributed by atoms with E-state index in [9.17, 15) is 9.18 Å². The monoisotopic (exact) mass is 465 g/mol. The first-order chi connectivity index (χ1) is 14.5. The summed E-state index contributed by atoms with van der Waals surface area (Å²) in [7, 11) is 0. The second kappa shape index (κ2) is 8.60. The molecule has 2 N–H and O–H groups in total. The second-order valence-electron chi connectivity index (χ2n) is 7.61. The van der Waals surface area contributed by atoms with Crippen molar-refractivity contribution in [3.8, 4) is 0 Å². The van der Waals surface area contributed by atoms with Crippen molar-refractivity contribution in [2.75, 3.05) is 0 Å². The summed E-state index contributed by atoms with van der Waals surface area (Å²) in [6, 6.07) is 18.1. The van der Waals surface area contributed by atoms with Gasteiger partial charge in [-0.25, -0.2) is 4.39 Å². The Morgan fingerprint density at radius 3 is 2.73 bits per heavy atom. The largest absolute Gasteiger partial charge is 0.366 e. The molecule has 153 valence electrons. The van der Waals surface area contributed by atoms with Crippen LogP contribution in [0.25, 0.3) is 21.8 Å². The van der Waals surface area contributed by atoms with Crippen molar-refractivity contribution in [3.05, 3.63) is 81.6 Å². The van der Waals surface area contributed by atoms with Crippen molar-refractivity contribution in [3.63, 3.8) is 0 Å². The van der Waals surface area contributed by atoms with Gasteiger partial charge in [-0.05, 0) is 54.8 Å². The highest BCUT2D eigenvalue weighted by atomic mass is 79.9. The lowest BCUT2D eigenvalue weighted by Crippen LogP contribution is -2.11. The first kappa shape index (κ1) is 20.6. The van der Waals surface area contributed by atoms with E-state index in [4.69, 9.17) is 5.73 Å². The van der Waals surface area contributed by atoms with Crippen LogP contribution in [-0.4, -0.2) is 10.5 Å².